The molecule has 0 radical (unpaired) electrons. The summed E-state index contributed by atoms with van der Waals surface area (Å²) >= 11 is 6.04. The summed E-state index contributed by atoms with van der Waals surface area (Å²) < 4.78 is 52.0. The molecule has 1 saturated heterocycles. The Morgan fingerprint density at radius 3 is 2.74 bits per heavy atom. The molecule has 3 aromatic rings. The zero-order chi connectivity index (χ0) is 28.5. The number of para-hydroxylation sites is 1. The van der Waals surface area contributed by atoms with E-state index in [1.807, 2.05) is 0 Å². The van der Waals surface area contributed by atoms with E-state index in [1.165, 1.54) is 19.1 Å². The summed E-state index contributed by atoms with van der Waals surface area (Å²) in [5, 5.41) is 10.2. The van der Waals surface area contributed by atoms with Crippen molar-refractivity contribution in [3.63, 3.8) is 0 Å². The summed E-state index contributed by atoms with van der Waals surface area (Å²) in [5.41, 5.74) is 4.60. The van der Waals surface area contributed by atoms with Crippen molar-refractivity contribution >= 4 is 42.4 Å². The van der Waals surface area contributed by atoms with Gasteiger partial charge in [-0.15, -0.1) is 0 Å². The highest BCUT2D eigenvalue weighted by Gasteiger charge is 2.58. The van der Waals surface area contributed by atoms with Crippen LogP contribution in [0.1, 0.15) is 27.0 Å². The maximum atomic E-state index is 15.6. The number of rotatable bonds is 10. The van der Waals surface area contributed by atoms with Gasteiger partial charge in [0.25, 0.3) is 10.7 Å². The summed E-state index contributed by atoms with van der Waals surface area (Å²) in [6, 6.07) is 6.82. The number of anilines is 1. The van der Waals surface area contributed by atoms with Gasteiger partial charge in [-0.3, -0.25) is 23.7 Å². The second-order valence-electron chi connectivity index (χ2n) is 8.96. The van der Waals surface area contributed by atoms with E-state index in [4.69, 9.17) is 35.9 Å². The van der Waals surface area contributed by atoms with Crippen molar-refractivity contribution in [1.82, 2.24) is 24.6 Å². The lowest BCUT2D eigenvalue weighted by atomic mass is 10.1. The first-order valence-corrected chi connectivity index (χ1v) is 13.6. The molecule has 1 aliphatic rings. The van der Waals surface area contributed by atoms with Crippen molar-refractivity contribution in [2.45, 2.75) is 56.5 Å². The molecule has 1 fully saturated rings. The lowest BCUT2D eigenvalue weighted by Gasteiger charge is -2.25. The van der Waals surface area contributed by atoms with E-state index in [1.54, 1.807) is 32.0 Å². The van der Waals surface area contributed by atoms with E-state index in [9.17, 15) is 19.3 Å². The Labute approximate surface area is 226 Å². The lowest BCUT2D eigenvalue weighted by Crippen LogP contribution is -2.40. The zero-order valence-corrected chi connectivity index (χ0v) is 22.6. The maximum Gasteiger partial charge on any atom is 0.459 e. The van der Waals surface area contributed by atoms with Gasteiger partial charge in [0.2, 0.25) is 5.95 Å². The smallest absolute Gasteiger partial charge is 0.459 e. The van der Waals surface area contributed by atoms with Crippen LogP contribution in [-0.2, 0) is 23.4 Å². The van der Waals surface area contributed by atoms with Gasteiger partial charge in [-0.25, -0.2) is 13.9 Å². The number of aromatic amines is 1. The van der Waals surface area contributed by atoms with Crippen molar-refractivity contribution in [2.24, 2.45) is 0 Å². The van der Waals surface area contributed by atoms with Crippen molar-refractivity contribution in [1.29, 1.82) is 0 Å². The number of esters is 1. The van der Waals surface area contributed by atoms with E-state index in [-0.39, 0.29) is 22.9 Å². The zero-order valence-electron chi connectivity index (χ0n) is 21.0. The average Bonchev–Trinajstić information content (AvgIpc) is 3.36. The van der Waals surface area contributed by atoms with Gasteiger partial charge in [-0.2, -0.15) is 10.1 Å². The molecule has 0 spiro atoms. The van der Waals surface area contributed by atoms with Crippen molar-refractivity contribution < 1.29 is 37.4 Å². The van der Waals surface area contributed by atoms with Crippen LogP contribution in [0, 0.1) is 0 Å². The number of imidazole rings is 1. The number of nitrogens with one attached hydrogen (secondary N) is 2. The Morgan fingerprint density at radius 1 is 1.38 bits per heavy atom. The largest absolute Gasteiger partial charge is 0.462 e. The fourth-order valence-corrected chi connectivity index (χ4v) is 5.53. The quantitative estimate of drug-likeness (QED) is 0.153. The van der Waals surface area contributed by atoms with Crippen LogP contribution in [0.4, 0.5) is 10.3 Å². The molecule has 39 heavy (non-hydrogen) atoms. The maximum absolute atomic E-state index is 15.6. The number of aliphatic hydroxyl groups is 1. The predicted octanol–water partition coefficient (Wildman–Crippen LogP) is 2.00. The van der Waals surface area contributed by atoms with Crippen LogP contribution in [0.5, 0.6) is 5.75 Å². The number of fused-ring (bicyclic) bond motifs is 1. The lowest BCUT2D eigenvalue weighted by molar-refractivity contribution is -0.149. The van der Waals surface area contributed by atoms with Gasteiger partial charge < -0.3 is 24.8 Å². The molecule has 212 valence electrons. The third kappa shape index (κ3) is 6.24. The summed E-state index contributed by atoms with van der Waals surface area (Å²) in [6.07, 6.45) is -4.60. The number of aliphatic hydroxyl groups excluding tert-OH is 1. The van der Waals surface area contributed by atoms with Gasteiger partial charge >= 0.3 is 13.7 Å². The van der Waals surface area contributed by atoms with Gasteiger partial charge in [0.05, 0.1) is 19.0 Å². The molecule has 3 heterocycles. The van der Waals surface area contributed by atoms with E-state index in [2.05, 4.69) is 20.0 Å². The standard InChI is InChI=1S/C22H27ClFN6O8P/c1-11(2)36-19(33)12(3)29-39(34,38-13-7-5-4-6-8-13)35-9-14-16(31)22(23,24)20(37-14)30-10-26-15-17(30)27-21(25)28-18(15)32/h4-8,10-12,14,16,20,31H,9H2,1-3H3,(H,29,34)(H3,25,27,28,32)/t12-,14-,16-,20-,22+,39-/m1/s1. The minimum absolute atomic E-state index is 0.138. The first-order valence-electron chi connectivity index (χ1n) is 11.7. The molecule has 4 rings (SSSR count). The molecule has 17 heteroatoms. The summed E-state index contributed by atoms with van der Waals surface area (Å²) in [4.78, 5) is 34.5. The minimum Gasteiger partial charge on any atom is -0.462 e. The number of nitrogens with zero attached hydrogens (tertiary/aromatic N) is 3. The number of nitrogen functional groups attached to an aromatic ring is 1. The molecule has 0 aliphatic carbocycles. The number of benzene rings is 1. The van der Waals surface area contributed by atoms with Crippen LogP contribution in [0.2, 0.25) is 0 Å². The predicted molar refractivity (Wildman–Crippen MR) is 137 cm³/mol. The van der Waals surface area contributed by atoms with Crippen LogP contribution in [0.15, 0.2) is 41.5 Å². The van der Waals surface area contributed by atoms with Gasteiger partial charge in [-0.1, -0.05) is 29.8 Å². The molecular weight excluding hydrogens is 562 g/mol. The Morgan fingerprint density at radius 2 is 2.08 bits per heavy atom. The number of halogens is 2. The normalized spacial score (nSPS) is 25.5. The molecular formula is C22H27ClFN6O8P. The number of hydrogen-bond donors (Lipinski definition) is 4. The Kier molecular flexibility index (Phi) is 8.30. The van der Waals surface area contributed by atoms with E-state index >= 15 is 4.39 Å². The Hall–Kier alpha value is -3.07. The van der Waals surface area contributed by atoms with Crippen LogP contribution >= 0.6 is 19.3 Å². The molecule has 2 aromatic heterocycles. The van der Waals surface area contributed by atoms with E-state index in [0.29, 0.717) is 0 Å². The summed E-state index contributed by atoms with van der Waals surface area (Å²) in [5.74, 6) is -0.846. The van der Waals surface area contributed by atoms with E-state index < -0.39 is 61.6 Å². The van der Waals surface area contributed by atoms with Crippen LogP contribution in [0.3, 0.4) is 0 Å². The number of alkyl halides is 2. The first-order chi connectivity index (χ1) is 18.3. The third-order valence-corrected chi connectivity index (χ3v) is 7.57. The van der Waals surface area contributed by atoms with Gasteiger partial charge in [0.1, 0.15) is 24.0 Å². The molecule has 0 amide bonds. The van der Waals surface area contributed by atoms with Crippen molar-refractivity contribution in [3.05, 3.63) is 47.0 Å². The monoisotopic (exact) mass is 588 g/mol. The molecule has 14 nitrogen and oxygen atoms in total. The molecule has 0 unspecified atom stereocenters. The van der Waals surface area contributed by atoms with Crippen molar-refractivity contribution in [3.8, 4) is 5.75 Å². The second-order valence-corrected chi connectivity index (χ2v) is 11.2. The topological polar surface area (TPSA) is 193 Å². The van der Waals surface area contributed by atoms with Gasteiger partial charge in [0.15, 0.2) is 17.4 Å². The Bertz CT molecular complexity index is 1440. The fraction of sp³-hybridized carbons (Fsp3) is 0.455. The van der Waals surface area contributed by atoms with Crippen molar-refractivity contribution in [2.75, 3.05) is 12.3 Å². The minimum atomic E-state index is -4.35. The molecule has 5 N–H and O–H groups in total. The van der Waals surface area contributed by atoms with E-state index in [0.717, 1.165) is 10.9 Å². The second kappa shape index (κ2) is 11.2. The third-order valence-electron chi connectivity index (χ3n) is 5.52. The fourth-order valence-electron chi connectivity index (χ4n) is 3.73. The molecule has 1 aliphatic heterocycles. The molecule has 6 atom stereocenters. The summed E-state index contributed by atoms with van der Waals surface area (Å²) in [6.45, 7) is 3.99. The number of hydrogen-bond acceptors (Lipinski definition) is 11. The number of H-pyrrole nitrogens is 1. The molecule has 0 bridgehead atoms. The first kappa shape index (κ1) is 28.9. The van der Waals surface area contributed by atoms with Crippen LogP contribution < -0.4 is 20.9 Å². The number of nitrogens with two attached hydrogens (primary N) is 1. The SMILES string of the molecule is CC(C)OC(=O)[C@@H](C)N[P@@](=O)(OC[C@H]1O[C@@H](n2cnc3c(=O)[nH]c(N)nc32)[C@](F)(Cl)[C@@H]1O)Oc1ccccc1. The number of ether oxygens (including phenoxy) is 2. The molecule has 0 saturated carbocycles. The Balaban J connectivity index is 1.56. The van der Waals surface area contributed by atoms with Gasteiger partial charge in [-0.05, 0) is 32.9 Å². The molecule has 1 aromatic carbocycles. The van der Waals surface area contributed by atoms with Gasteiger partial charge in [0, 0.05) is 0 Å². The highest BCUT2D eigenvalue weighted by Crippen LogP contribution is 2.49. The number of carbonyl (C=O) groups is 1. The highest BCUT2D eigenvalue weighted by atomic mass is 35.5. The average molecular weight is 589 g/mol. The number of aromatic nitrogens is 4. The highest BCUT2D eigenvalue weighted by molar-refractivity contribution is 7.52. The number of carbonyl (C=O) groups excluding carboxylic acids is 1. The summed E-state index contributed by atoms with van der Waals surface area (Å²) in [7, 11) is -4.35. The van der Waals surface area contributed by atoms with Crippen LogP contribution in [-0.4, -0.2) is 66.7 Å². The van der Waals surface area contributed by atoms with Crippen LogP contribution in [0.25, 0.3) is 11.2 Å².